The van der Waals surface area contributed by atoms with Crippen molar-refractivity contribution < 1.29 is 0 Å². The van der Waals surface area contributed by atoms with Gasteiger partial charge in [-0.2, -0.15) is 5.10 Å². The molecule has 0 saturated heterocycles. The summed E-state index contributed by atoms with van der Waals surface area (Å²) in [7, 11) is 0. The van der Waals surface area contributed by atoms with E-state index in [-0.39, 0.29) is 10.6 Å². The van der Waals surface area contributed by atoms with E-state index in [0.717, 1.165) is 19.3 Å². The Labute approximate surface area is 189 Å². The van der Waals surface area contributed by atoms with Crippen molar-refractivity contribution in [2.75, 3.05) is 0 Å². The minimum atomic E-state index is -0.00519. The average Bonchev–Trinajstić information content (AvgIpc) is 2.74. The molecule has 1 aromatic heterocycles. The van der Waals surface area contributed by atoms with Crippen molar-refractivity contribution >= 4 is 40.0 Å². The van der Waals surface area contributed by atoms with Crippen LogP contribution in [0.5, 0.6) is 0 Å². The topological polar surface area (TPSA) is 76.0 Å². The number of hydrogen-bond acceptors (Lipinski definition) is 6. The largest absolute Gasteiger partial charge is 0.285 e. The predicted octanol–water partition coefficient (Wildman–Crippen LogP) is 6.45. The fraction of sp³-hybridized carbons (Fsp3) is 0.550. The van der Waals surface area contributed by atoms with Crippen molar-refractivity contribution in [2.45, 2.75) is 53.4 Å². The third-order valence-corrected chi connectivity index (χ3v) is 4.86. The number of rotatable bonds is 7. The van der Waals surface area contributed by atoms with Gasteiger partial charge in [0.05, 0.1) is 0 Å². The van der Waals surface area contributed by atoms with E-state index < -0.39 is 0 Å². The number of allylic oxidation sites excluding steroid dienone is 3. The maximum absolute atomic E-state index is 5.91. The number of aromatic nitrogens is 4. The second-order valence-electron chi connectivity index (χ2n) is 6.63. The van der Waals surface area contributed by atoms with Gasteiger partial charge in [0.2, 0.25) is 0 Å². The Balaban J connectivity index is 0.000000468. The molecule has 1 N–H and O–H groups in total. The molecule has 6 nitrogen and oxygen atoms in total. The van der Waals surface area contributed by atoms with E-state index in [1.807, 2.05) is 18.4 Å². The van der Waals surface area contributed by atoms with Crippen LogP contribution in [0.3, 0.4) is 0 Å². The second-order valence-corrected chi connectivity index (χ2v) is 7.74. The van der Waals surface area contributed by atoms with Gasteiger partial charge in [0.15, 0.2) is 0 Å². The Morgan fingerprint density at radius 1 is 0.966 bits per heavy atom. The minimum Gasteiger partial charge on any atom is -0.285 e. The van der Waals surface area contributed by atoms with Crippen molar-refractivity contribution in [3.63, 3.8) is 0 Å². The van der Waals surface area contributed by atoms with Crippen LogP contribution in [0.25, 0.3) is 0 Å². The summed E-state index contributed by atoms with van der Waals surface area (Å²) in [6.45, 7) is 16.2. The van der Waals surface area contributed by atoms with Gasteiger partial charge in [0.1, 0.15) is 5.17 Å². The molecule has 162 valence electrons. The first-order valence-corrected chi connectivity index (χ1v) is 10.7. The molecule has 2 heterocycles. The lowest BCUT2D eigenvalue weighted by atomic mass is 9.86. The van der Waals surface area contributed by atoms with Crippen LogP contribution in [0.2, 0.25) is 10.6 Å². The zero-order valence-corrected chi connectivity index (χ0v) is 19.8. The van der Waals surface area contributed by atoms with Crippen LogP contribution < -0.4 is 5.43 Å². The summed E-state index contributed by atoms with van der Waals surface area (Å²) < 4.78 is 0. The van der Waals surface area contributed by atoms with Gasteiger partial charge in [-0.25, -0.2) is 0 Å². The van der Waals surface area contributed by atoms with Crippen LogP contribution in [-0.2, 0) is 0 Å². The summed E-state index contributed by atoms with van der Waals surface area (Å²) in [4.78, 5) is 0. The number of nitrogens with one attached hydrogen (secondary N) is 1. The van der Waals surface area contributed by atoms with Gasteiger partial charge < -0.3 is 0 Å². The first-order valence-electron chi connectivity index (χ1n) is 9.57. The third kappa shape index (κ3) is 13.4. The highest BCUT2D eigenvalue weighted by Gasteiger charge is 2.17. The van der Waals surface area contributed by atoms with Gasteiger partial charge in [0, 0.05) is 12.6 Å². The van der Waals surface area contributed by atoms with Crippen LogP contribution in [0.15, 0.2) is 42.2 Å². The highest BCUT2D eigenvalue weighted by atomic mass is 35.5. The SMILES string of the molecule is C=CC(C)CC.C=CC(C)CC(CC)C1=CNN=C(Cl)C1.Clc1nnc(Cl)nn1. The highest BCUT2D eigenvalue weighted by molar-refractivity contribution is 6.65. The second kappa shape index (κ2) is 16.3. The van der Waals surface area contributed by atoms with Crippen LogP contribution >= 0.6 is 34.8 Å². The van der Waals surface area contributed by atoms with Crippen molar-refractivity contribution in [3.05, 3.63) is 47.7 Å². The van der Waals surface area contributed by atoms with E-state index in [1.54, 1.807) is 0 Å². The van der Waals surface area contributed by atoms with Crippen LogP contribution in [0.4, 0.5) is 0 Å². The lowest BCUT2D eigenvalue weighted by Crippen LogP contribution is -2.16. The van der Waals surface area contributed by atoms with Crippen molar-refractivity contribution in [1.29, 1.82) is 0 Å². The molecule has 1 aromatic rings. The van der Waals surface area contributed by atoms with Crippen LogP contribution in [0.1, 0.15) is 53.4 Å². The summed E-state index contributed by atoms with van der Waals surface area (Å²) in [5.41, 5.74) is 4.21. The standard InChI is InChI=1S/C12H19ClN2.C6H12.C2Cl2N4/c1-4-9(3)6-10(5-2)11-7-12(13)15-14-8-11;1-4-6(3)5-2;3-1-5-7-2(4)8-6-1/h4,8-10,14H,1,5-7H2,2-3H3;4,6H,1,5H2,2-3H3;. The van der Waals surface area contributed by atoms with E-state index in [0.29, 0.717) is 22.9 Å². The Bertz CT molecular complexity index is 640. The fourth-order valence-corrected chi connectivity index (χ4v) is 2.56. The highest BCUT2D eigenvalue weighted by Crippen LogP contribution is 2.27. The van der Waals surface area contributed by atoms with Crippen molar-refractivity contribution in [2.24, 2.45) is 22.9 Å². The number of hydrogen-bond donors (Lipinski definition) is 1. The van der Waals surface area contributed by atoms with E-state index in [2.05, 4.69) is 71.8 Å². The summed E-state index contributed by atoms with van der Waals surface area (Å²) >= 11 is 16.3. The molecule has 3 unspecified atom stereocenters. The molecule has 0 aliphatic carbocycles. The van der Waals surface area contributed by atoms with Gasteiger partial charge in [-0.1, -0.05) is 57.9 Å². The van der Waals surface area contributed by atoms with Crippen LogP contribution in [0, 0.1) is 17.8 Å². The number of hydrazone groups is 1. The van der Waals surface area contributed by atoms with E-state index in [4.69, 9.17) is 34.8 Å². The lowest BCUT2D eigenvalue weighted by Gasteiger charge is -2.22. The number of nitrogens with zero attached hydrogens (tertiary/aromatic N) is 5. The molecule has 0 saturated carbocycles. The van der Waals surface area contributed by atoms with E-state index in [1.165, 1.54) is 12.0 Å². The van der Waals surface area contributed by atoms with Gasteiger partial charge >= 0.3 is 0 Å². The average molecular weight is 462 g/mol. The van der Waals surface area contributed by atoms with E-state index >= 15 is 0 Å². The van der Waals surface area contributed by atoms with Crippen LogP contribution in [-0.4, -0.2) is 25.6 Å². The molecule has 0 radical (unpaired) electrons. The summed E-state index contributed by atoms with van der Waals surface area (Å²) in [5, 5.41) is 17.7. The predicted molar refractivity (Wildman–Crippen MR) is 124 cm³/mol. The zero-order chi connectivity index (χ0) is 22.2. The molecule has 0 amide bonds. The third-order valence-electron chi connectivity index (χ3n) is 4.34. The Morgan fingerprint density at radius 3 is 1.83 bits per heavy atom. The molecular formula is C20H31Cl3N6. The molecule has 1 aliphatic rings. The van der Waals surface area contributed by atoms with Crippen molar-refractivity contribution in [1.82, 2.24) is 25.8 Å². The molecule has 9 heteroatoms. The Hall–Kier alpha value is -1.50. The molecule has 1 aliphatic heterocycles. The molecule has 2 rings (SSSR count). The quantitative estimate of drug-likeness (QED) is 0.472. The van der Waals surface area contributed by atoms with Gasteiger partial charge in [0.25, 0.3) is 10.6 Å². The van der Waals surface area contributed by atoms with E-state index in [9.17, 15) is 0 Å². The first kappa shape index (κ1) is 27.5. The molecule has 0 aromatic carbocycles. The number of halogens is 3. The molecule has 29 heavy (non-hydrogen) atoms. The monoisotopic (exact) mass is 460 g/mol. The lowest BCUT2D eigenvalue weighted by molar-refractivity contribution is 0.468. The molecule has 0 bridgehead atoms. The summed E-state index contributed by atoms with van der Waals surface area (Å²) in [5.74, 6) is 1.83. The normalized spacial score (nSPS) is 15.6. The summed E-state index contributed by atoms with van der Waals surface area (Å²) in [6.07, 6.45) is 10.2. The van der Waals surface area contributed by atoms with Crippen molar-refractivity contribution in [3.8, 4) is 0 Å². The molecule has 0 fully saturated rings. The summed E-state index contributed by atoms with van der Waals surface area (Å²) in [6, 6.07) is 0. The first-order chi connectivity index (χ1) is 13.8. The Morgan fingerprint density at radius 2 is 1.48 bits per heavy atom. The fourth-order valence-electron chi connectivity index (χ4n) is 2.20. The maximum Gasteiger partial charge on any atom is 0.263 e. The van der Waals surface area contributed by atoms with Gasteiger partial charge in [-0.3, -0.25) is 5.43 Å². The minimum absolute atomic E-state index is 0.00519. The molecule has 0 spiro atoms. The van der Waals surface area contributed by atoms with Gasteiger partial charge in [-0.05, 0) is 59.4 Å². The molecular weight excluding hydrogens is 431 g/mol. The zero-order valence-electron chi connectivity index (χ0n) is 17.6. The Kier molecular flexibility index (Phi) is 15.5. The maximum atomic E-state index is 5.91. The molecule has 3 atom stereocenters. The smallest absolute Gasteiger partial charge is 0.263 e. The van der Waals surface area contributed by atoms with Gasteiger partial charge in [-0.15, -0.1) is 33.6 Å².